The maximum Gasteiger partial charge on any atom is 0.304 e. The molecule has 152 valence electrons. The molecular weight excluding hydrogens is 352 g/mol. The topological polar surface area (TPSA) is 77.8 Å². The van der Waals surface area contributed by atoms with E-state index >= 15 is 0 Å². The number of carboxylic acid groups (broad SMARTS) is 1. The summed E-state index contributed by atoms with van der Waals surface area (Å²) in [5, 5.41) is 30.3. The summed E-state index contributed by atoms with van der Waals surface area (Å²) >= 11 is 0. The molecule has 0 radical (unpaired) electrons. The summed E-state index contributed by atoms with van der Waals surface area (Å²) in [6.45, 7) is 14.0. The van der Waals surface area contributed by atoms with Gasteiger partial charge in [-0.3, -0.25) is 4.79 Å². The van der Waals surface area contributed by atoms with Gasteiger partial charge in [0.25, 0.3) is 0 Å². The van der Waals surface area contributed by atoms with Crippen molar-refractivity contribution in [2.45, 2.75) is 71.1 Å². The van der Waals surface area contributed by atoms with Gasteiger partial charge in [-0.15, -0.1) is 0 Å². The second-order valence-corrected chi connectivity index (χ2v) is 9.87. The van der Waals surface area contributed by atoms with Gasteiger partial charge in [-0.25, -0.2) is 0 Å². The number of phenolic OH excluding ortho intramolecular Hbond substituents is 2. The minimum atomic E-state index is -0.904. The Hall–Kier alpha value is -2.49. The Morgan fingerprint density at radius 3 is 1.39 bits per heavy atom. The van der Waals surface area contributed by atoms with Gasteiger partial charge in [0, 0.05) is 5.41 Å². The van der Waals surface area contributed by atoms with Crippen molar-refractivity contribution in [2.24, 2.45) is 0 Å². The minimum Gasteiger partial charge on any atom is -0.508 e. The van der Waals surface area contributed by atoms with Crippen LogP contribution in [-0.2, 0) is 21.0 Å². The van der Waals surface area contributed by atoms with E-state index in [0.717, 1.165) is 22.3 Å². The molecule has 0 saturated heterocycles. The van der Waals surface area contributed by atoms with E-state index in [2.05, 4.69) is 0 Å². The Bertz CT molecular complexity index is 819. The van der Waals surface area contributed by atoms with Gasteiger partial charge in [-0.1, -0.05) is 72.7 Å². The Labute approximate surface area is 167 Å². The average molecular weight is 385 g/mol. The van der Waals surface area contributed by atoms with Crippen molar-refractivity contribution < 1.29 is 20.1 Å². The second kappa shape index (κ2) is 7.16. The molecule has 4 heteroatoms. The van der Waals surface area contributed by atoms with E-state index in [1.54, 1.807) is 24.3 Å². The van der Waals surface area contributed by atoms with Crippen molar-refractivity contribution in [1.82, 2.24) is 0 Å². The summed E-state index contributed by atoms with van der Waals surface area (Å²) in [4.78, 5) is 11.8. The summed E-state index contributed by atoms with van der Waals surface area (Å²) in [6, 6.07) is 10.7. The summed E-state index contributed by atoms with van der Waals surface area (Å²) in [6.07, 6.45) is -0.101. The molecule has 0 unspecified atom stereocenters. The molecule has 4 nitrogen and oxygen atoms in total. The summed E-state index contributed by atoms with van der Waals surface area (Å²) in [5.41, 5.74) is 1.82. The number of hydrogen-bond acceptors (Lipinski definition) is 3. The van der Waals surface area contributed by atoms with Gasteiger partial charge in [-0.2, -0.15) is 0 Å². The fourth-order valence-corrected chi connectivity index (χ4v) is 3.63. The molecule has 3 N–H and O–H groups in total. The summed E-state index contributed by atoms with van der Waals surface area (Å²) in [5.74, 6) is -0.497. The van der Waals surface area contributed by atoms with Crippen LogP contribution in [-0.4, -0.2) is 21.3 Å². The van der Waals surface area contributed by atoms with Gasteiger partial charge < -0.3 is 15.3 Å². The molecule has 0 aromatic heterocycles. The Balaban J connectivity index is 2.75. The molecule has 0 saturated carbocycles. The van der Waals surface area contributed by atoms with Crippen molar-refractivity contribution in [2.75, 3.05) is 0 Å². The molecule has 2 aromatic rings. The van der Waals surface area contributed by atoms with E-state index < -0.39 is 11.4 Å². The first-order valence-corrected chi connectivity index (χ1v) is 9.56. The molecule has 0 aliphatic carbocycles. The fourth-order valence-electron chi connectivity index (χ4n) is 3.63. The number of aromatic hydroxyl groups is 2. The van der Waals surface area contributed by atoms with Crippen LogP contribution in [0.25, 0.3) is 0 Å². The third-order valence-electron chi connectivity index (χ3n) is 5.39. The van der Waals surface area contributed by atoms with Crippen molar-refractivity contribution in [3.05, 3.63) is 58.7 Å². The highest BCUT2D eigenvalue weighted by Gasteiger charge is 2.34. The van der Waals surface area contributed by atoms with E-state index in [0.29, 0.717) is 0 Å². The fraction of sp³-hybridized carbons (Fsp3) is 0.458. The van der Waals surface area contributed by atoms with Gasteiger partial charge in [0.05, 0.1) is 6.42 Å². The first-order chi connectivity index (χ1) is 12.7. The number of hydrogen-bond donors (Lipinski definition) is 3. The SMILES string of the molecule is CC(C)(C)c1cc(C(C)(CC(=O)O)c2ccc(O)c(C(C)(C)C)c2)ccc1O. The number of carboxylic acids is 1. The van der Waals surface area contributed by atoms with Gasteiger partial charge in [0.2, 0.25) is 0 Å². The van der Waals surface area contributed by atoms with E-state index in [1.165, 1.54) is 0 Å². The number of benzene rings is 2. The summed E-state index contributed by atoms with van der Waals surface area (Å²) in [7, 11) is 0. The largest absolute Gasteiger partial charge is 0.508 e. The molecule has 2 rings (SSSR count). The maximum atomic E-state index is 11.8. The predicted octanol–water partition coefficient (Wildman–Crippen LogP) is 5.47. The van der Waals surface area contributed by atoms with Crippen LogP contribution in [0.2, 0.25) is 0 Å². The molecule has 0 fully saturated rings. The lowest BCUT2D eigenvalue weighted by molar-refractivity contribution is -0.138. The molecule has 0 spiro atoms. The van der Waals surface area contributed by atoms with Crippen LogP contribution in [0.1, 0.15) is 77.1 Å². The first-order valence-electron chi connectivity index (χ1n) is 9.56. The number of rotatable bonds is 4. The van der Waals surface area contributed by atoms with Gasteiger partial charge in [0.15, 0.2) is 0 Å². The molecule has 0 aliphatic rings. The van der Waals surface area contributed by atoms with Crippen LogP contribution < -0.4 is 0 Å². The molecule has 0 aliphatic heterocycles. The molecule has 0 bridgehead atoms. The lowest BCUT2D eigenvalue weighted by Crippen LogP contribution is -2.28. The van der Waals surface area contributed by atoms with E-state index in [1.807, 2.05) is 60.6 Å². The quantitative estimate of drug-likeness (QED) is 0.653. The smallest absolute Gasteiger partial charge is 0.304 e. The van der Waals surface area contributed by atoms with Crippen LogP contribution in [0.15, 0.2) is 36.4 Å². The minimum absolute atomic E-state index is 0.101. The standard InChI is InChI=1S/C24H32O4/c1-22(2,3)17-12-15(8-10-19(17)25)24(7,14-21(27)28)16-9-11-20(26)18(13-16)23(4,5)6/h8-13,25-26H,14H2,1-7H3,(H,27,28). The first kappa shape index (κ1) is 21.8. The monoisotopic (exact) mass is 384 g/mol. The molecule has 2 aromatic carbocycles. The molecule has 28 heavy (non-hydrogen) atoms. The highest BCUT2D eigenvalue weighted by atomic mass is 16.4. The van der Waals surface area contributed by atoms with Crippen molar-refractivity contribution in [3.63, 3.8) is 0 Å². The molecule has 0 amide bonds. The van der Waals surface area contributed by atoms with Gasteiger partial charge >= 0.3 is 5.97 Å². The second-order valence-electron chi connectivity index (χ2n) is 9.87. The third-order valence-corrected chi connectivity index (χ3v) is 5.39. The van der Waals surface area contributed by atoms with Crippen LogP contribution in [0.3, 0.4) is 0 Å². The highest BCUT2D eigenvalue weighted by molar-refractivity contribution is 5.71. The Morgan fingerprint density at radius 1 is 0.750 bits per heavy atom. The summed E-state index contributed by atoms with van der Waals surface area (Å²) < 4.78 is 0. The van der Waals surface area contributed by atoms with Crippen molar-refractivity contribution in [1.29, 1.82) is 0 Å². The van der Waals surface area contributed by atoms with Crippen LogP contribution in [0.5, 0.6) is 11.5 Å². The molecular formula is C24H32O4. The van der Waals surface area contributed by atoms with Crippen LogP contribution in [0.4, 0.5) is 0 Å². The normalized spacial score (nSPS) is 12.8. The number of carbonyl (C=O) groups is 1. The average Bonchev–Trinajstić information content (AvgIpc) is 2.52. The van der Waals surface area contributed by atoms with Gasteiger partial charge in [0.1, 0.15) is 11.5 Å². The Morgan fingerprint density at radius 2 is 1.11 bits per heavy atom. The van der Waals surface area contributed by atoms with Gasteiger partial charge in [-0.05, 0) is 45.2 Å². The van der Waals surface area contributed by atoms with Crippen LogP contribution >= 0.6 is 0 Å². The van der Waals surface area contributed by atoms with E-state index in [4.69, 9.17) is 0 Å². The zero-order valence-corrected chi connectivity index (χ0v) is 17.9. The zero-order valence-electron chi connectivity index (χ0n) is 17.9. The Kier molecular flexibility index (Phi) is 5.57. The third kappa shape index (κ3) is 4.32. The van der Waals surface area contributed by atoms with Crippen molar-refractivity contribution in [3.8, 4) is 11.5 Å². The van der Waals surface area contributed by atoms with E-state index in [-0.39, 0.29) is 28.7 Å². The maximum absolute atomic E-state index is 11.8. The number of phenols is 2. The predicted molar refractivity (Wildman–Crippen MR) is 112 cm³/mol. The lowest BCUT2D eigenvalue weighted by atomic mass is 9.70. The highest BCUT2D eigenvalue weighted by Crippen LogP contribution is 2.42. The van der Waals surface area contributed by atoms with E-state index in [9.17, 15) is 20.1 Å². The molecule has 0 heterocycles. The lowest BCUT2D eigenvalue weighted by Gasteiger charge is -2.33. The van der Waals surface area contributed by atoms with Crippen LogP contribution in [0, 0.1) is 0 Å². The van der Waals surface area contributed by atoms with Crippen molar-refractivity contribution >= 4 is 5.97 Å². The molecule has 0 atom stereocenters. The zero-order chi connectivity index (χ0) is 21.5. The number of aliphatic carboxylic acids is 1.